The van der Waals surface area contributed by atoms with E-state index in [2.05, 4.69) is 148 Å². The second-order valence-corrected chi connectivity index (χ2v) is 15.3. The number of nitrogens with zero attached hydrogens (tertiary/aromatic N) is 4. The molecule has 0 saturated carbocycles. The van der Waals surface area contributed by atoms with Crippen LogP contribution >= 0.6 is 0 Å². The number of aromatic nitrogens is 2. The minimum Gasteiger partial charge on any atom is -0.309 e. The average molecular weight is 647 g/mol. The maximum absolute atomic E-state index is 10.4. The van der Waals surface area contributed by atoms with Gasteiger partial charge in [-0.2, -0.15) is 10.5 Å². The van der Waals surface area contributed by atoms with Gasteiger partial charge in [-0.3, -0.25) is 0 Å². The summed E-state index contributed by atoms with van der Waals surface area (Å²) in [7, 11) is 0. The van der Waals surface area contributed by atoms with Crippen LogP contribution in [0.3, 0.4) is 0 Å². The Bertz CT molecular complexity index is 2630. The van der Waals surface area contributed by atoms with Crippen molar-refractivity contribution >= 4 is 43.6 Å². The van der Waals surface area contributed by atoms with Gasteiger partial charge in [-0.05, 0) is 88.7 Å². The molecule has 0 unspecified atom stereocenters. The highest BCUT2D eigenvalue weighted by molar-refractivity contribution is 6.16. The Hall–Kier alpha value is -6.10. The third-order valence-electron chi connectivity index (χ3n) is 10.1. The molecule has 0 N–H and O–H groups in total. The molecular weight excluding hydrogens is 609 g/mol. The molecule has 0 atom stereocenters. The number of nitriles is 2. The molecule has 242 valence electrons. The van der Waals surface area contributed by atoms with Gasteiger partial charge in [0.2, 0.25) is 0 Å². The Morgan fingerprint density at radius 3 is 1.56 bits per heavy atom. The fourth-order valence-corrected chi connectivity index (χ4v) is 7.51. The van der Waals surface area contributed by atoms with Crippen LogP contribution in [0.2, 0.25) is 0 Å². The predicted molar refractivity (Wildman–Crippen MR) is 207 cm³/mol. The Balaban J connectivity index is 1.58. The summed E-state index contributed by atoms with van der Waals surface area (Å²) in [5, 5.41) is 25.5. The molecule has 0 radical (unpaired) electrons. The van der Waals surface area contributed by atoms with E-state index in [9.17, 15) is 10.5 Å². The molecule has 50 heavy (non-hydrogen) atoms. The van der Waals surface area contributed by atoms with Gasteiger partial charge in [-0.15, -0.1) is 0 Å². The van der Waals surface area contributed by atoms with E-state index in [0.717, 1.165) is 49.8 Å². The summed E-state index contributed by atoms with van der Waals surface area (Å²) in [4.78, 5) is 0. The van der Waals surface area contributed by atoms with E-state index in [4.69, 9.17) is 0 Å². The van der Waals surface area contributed by atoms with E-state index in [-0.39, 0.29) is 10.8 Å². The van der Waals surface area contributed by atoms with E-state index in [1.165, 1.54) is 21.9 Å². The lowest BCUT2D eigenvalue weighted by Crippen LogP contribution is -2.10. The fraction of sp³-hybridized carbons (Fsp3) is 0.174. The van der Waals surface area contributed by atoms with Crippen LogP contribution in [0.15, 0.2) is 121 Å². The van der Waals surface area contributed by atoms with Crippen molar-refractivity contribution in [1.82, 2.24) is 9.13 Å². The van der Waals surface area contributed by atoms with Crippen LogP contribution in [0.4, 0.5) is 0 Å². The van der Waals surface area contributed by atoms with E-state index in [1.54, 1.807) is 6.07 Å². The second kappa shape index (κ2) is 11.2. The summed E-state index contributed by atoms with van der Waals surface area (Å²) in [5.74, 6) is 0. The van der Waals surface area contributed by atoms with E-state index >= 15 is 0 Å². The topological polar surface area (TPSA) is 57.4 Å². The van der Waals surface area contributed by atoms with Gasteiger partial charge >= 0.3 is 0 Å². The fourth-order valence-electron chi connectivity index (χ4n) is 7.51. The molecule has 0 amide bonds. The van der Waals surface area contributed by atoms with Crippen LogP contribution in [-0.4, -0.2) is 9.13 Å². The first-order chi connectivity index (χ1) is 24.0. The highest BCUT2D eigenvalue weighted by Gasteiger charge is 2.25. The van der Waals surface area contributed by atoms with Crippen LogP contribution in [0.1, 0.15) is 63.8 Å². The number of fused-ring (bicyclic) bond motifs is 6. The van der Waals surface area contributed by atoms with E-state index in [1.807, 2.05) is 30.3 Å². The van der Waals surface area contributed by atoms with Crippen molar-refractivity contribution in [2.24, 2.45) is 0 Å². The number of hydrogen-bond donors (Lipinski definition) is 0. The molecule has 0 saturated heterocycles. The Morgan fingerprint density at radius 2 is 1.00 bits per heavy atom. The highest BCUT2D eigenvalue weighted by atomic mass is 15.0. The lowest BCUT2D eigenvalue weighted by atomic mass is 9.85. The van der Waals surface area contributed by atoms with Gasteiger partial charge < -0.3 is 9.13 Å². The molecule has 0 aliphatic carbocycles. The molecule has 2 heterocycles. The van der Waals surface area contributed by atoms with Crippen molar-refractivity contribution in [2.75, 3.05) is 0 Å². The third-order valence-corrected chi connectivity index (χ3v) is 10.1. The highest BCUT2D eigenvalue weighted by Crippen LogP contribution is 2.44. The SMILES string of the molecule is CC(C)(C)c1ccc2c(c1)c1cc(C(C)(C)C)ccc1n2-c1cc(-c2c(C#N)cccc2C#N)c2c(c1)c1ccccc1n2-c1ccccc1. The van der Waals surface area contributed by atoms with E-state index < -0.39 is 0 Å². The van der Waals surface area contributed by atoms with Crippen LogP contribution in [0.25, 0.3) is 66.1 Å². The van der Waals surface area contributed by atoms with Crippen LogP contribution in [-0.2, 0) is 10.8 Å². The molecule has 2 aromatic heterocycles. The van der Waals surface area contributed by atoms with Crippen molar-refractivity contribution in [3.05, 3.63) is 144 Å². The Kier molecular flexibility index (Phi) is 7.00. The first kappa shape index (κ1) is 31.2. The zero-order chi connectivity index (χ0) is 34.9. The molecule has 4 nitrogen and oxygen atoms in total. The number of rotatable bonds is 3. The molecule has 0 fully saturated rings. The van der Waals surface area contributed by atoms with Crippen molar-refractivity contribution in [2.45, 2.75) is 52.4 Å². The summed E-state index contributed by atoms with van der Waals surface area (Å²) < 4.78 is 4.64. The number of para-hydroxylation sites is 2. The van der Waals surface area contributed by atoms with Gasteiger partial charge in [0, 0.05) is 44.0 Å². The van der Waals surface area contributed by atoms with Crippen LogP contribution in [0.5, 0.6) is 0 Å². The zero-order valence-corrected chi connectivity index (χ0v) is 29.3. The van der Waals surface area contributed by atoms with Crippen molar-refractivity contribution in [3.8, 4) is 34.6 Å². The monoisotopic (exact) mass is 646 g/mol. The first-order valence-corrected chi connectivity index (χ1v) is 17.2. The lowest BCUT2D eigenvalue weighted by molar-refractivity contribution is 0.590. The molecule has 0 spiro atoms. The second-order valence-electron chi connectivity index (χ2n) is 15.3. The number of hydrogen-bond acceptors (Lipinski definition) is 2. The zero-order valence-electron chi connectivity index (χ0n) is 29.3. The summed E-state index contributed by atoms with van der Waals surface area (Å²) >= 11 is 0. The van der Waals surface area contributed by atoms with Gasteiger partial charge in [0.05, 0.1) is 45.3 Å². The molecule has 8 aromatic rings. The molecule has 4 heteroatoms. The van der Waals surface area contributed by atoms with E-state index in [0.29, 0.717) is 16.7 Å². The number of benzene rings is 6. The van der Waals surface area contributed by atoms with Gasteiger partial charge in [0.25, 0.3) is 0 Å². The molecule has 0 aliphatic rings. The molecule has 8 rings (SSSR count). The first-order valence-electron chi connectivity index (χ1n) is 17.2. The summed E-state index contributed by atoms with van der Waals surface area (Å²) in [6.45, 7) is 13.6. The smallest absolute Gasteiger partial charge is 0.0998 e. The molecular formula is C46H38N4. The lowest BCUT2D eigenvalue weighted by Gasteiger charge is -2.19. The van der Waals surface area contributed by atoms with Gasteiger partial charge in [-0.1, -0.05) is 96.1 Å². The summed E-state index contributed by atoms with van der Waals surface area (Å²) in [6.07, 6.45) is 0. The quantitative estimate of drug-likeness (QED) is 0.192. The van der Waals surface area contributed by atoms with Crippen LogP contribution < -0.4 is 0 Å². The average Bonchev–Trinajstić information content (AvgIpc) is 3.62. The maximum atomic E-state index is 10.4. The van der Waals surface area contributed by atoms with Crippen LogP contribution in [0, 0.1) is 22.7 Å². The predicted octanol–water partition coefficient (Wildman–Crippen LogP) is 11.9. The van der Waals surface area contributed by atoms with Crippen molar-refractivity contribution in [3.63, 3.8) is 0 Å². The minimum atomic E-state index is -0.00963. The normalized spacial score (nSPS) is 12.2. The van der Waals surface area contributed by atoms with Crippen molar-refractivity contribution < 1.29 is 0 Å². The molecule has 0 aliphatic heterocycles. The van der Waals surface area contributed by atoms with Gasteiger partial charge in [0.15, 0.2) is 0 Å². The summed E-state index contributed by atoms with van der Waals surface area (Å²) in [6, 6.07) is 47.3. The third kappa shape index (κ3) is 4.80. The van der Waals surface area contributed by atoms with Gasteiger partial charge in [0.1, 0.15) is 0 Å². The molecule has 0 bridgehead atoms. The standard InChI is InChI=1S/C46H38N4/c1-45(2,3)31-19-21-41-36(23-31)37-24-32(46(4,5)6)20-22-42(37)49(41)34-25-38-35-17-10-11-18-40(35)50(33-15-8-7-9-16-33)44(38)39(26-34)43-29(27-47)13-12-14-30(43)28-48/h7-26H,1-6H3. The minimum absolute atomic E-state index is 0.00963. The largest absolute Gasteiger partial charge is 0.309 e. The maximum Gasteiger partial charge on any atom is 0.0998 e. The Morgan fingerprint density at radius 1 is 0.460 bits per heavy atom. The van der Waals surface area contributed by atoms with Gasteiger partial charge in [-0.25, -0.2) is 0 Å². The molecule has 6 aromatic carbocycles. The summed E-state index contributed by atoms with van der Waals surface area (Å²) in [5.41, 5.74) is 11.2. The van der Waals surface area contributed by atoms with Crippen molar-refractivity contribution in [1.29, 1.82) is 10.5 Å². The Labute approximate surface area is 293 Å².